The number of thiazole rings is 1. The minimum Gasteiger partial charge on any atom is -0.481 e. The maximum atomic E-state index is 12.1. The highest BCUT2D eigenvalue weighted by Gasteiger charge is 2.11. The van der Waals surface area contributed by atoms with Gasteiger partial charge in [0.2, 0.25) is 0 Å². The lowest BCUT2D eigenvalue weighted by Gasteiger charge is -2.03. The number of carboxylic acids is 1. The van der Waals surface area contributed by atoms with Crippen molar-refractivity contribution < 1.29 is 14.7 Å². The van der Waals surface area contributed by atoms with Gasteiger partial charge in [-0.1, -0.05) is 12.1 Å². The van der Waals surface area contributed by atoms with E-state index in [-0.39, 0.29) is 12.3 Å². The lowest BCUT2D eigenvalue weighted by molar-refractivity contribution is -0.137. The summed E-state index contributed by atoms with van der Waals surface area (Å²) in [5.41, 5.74) is 1.42. The fourth-order valence-electron chi connectivity index (χ4n) is 1.71. The summed E-state index contributed by atoms with van der Waals surface area (Å²) in [7, 11) is 0. The molecule has 21 heavy (non-hydrogen) atoms. The Balaban J connectivity index is 1.95. The van der Waals surface area contributed by atoms with E-state index in [1.807, 2.05) is 23.6 Å². The lowest BCUT2D eigenvalue weighted by atomic mass is 10.2. The van der Waals surface area contributed by atoms with Crippen LogP contribution < -0.4 is 5.32 Å². The molecule has 1 aromatic heterocycles. The summed E-state index contributed by atoms with van der Waals surface area (Å²) in [6.07, 6.45) is 1.27. The molecule has 1 heterocycles. The molecule has 2 aromatic rings. The van der Waals surface area contributed by atoms with E-state index in [4.69, 9.17) is 5.11 Å². The van der Waals surface area contributed by atoms with E-state index in [2.05, 4.69) is 32.9 Å². The predicted molar refractivity (Wildman–Crippen MR) is 89.8 cm³/mol. The number of carbonyl (C=O) groups excluding carboxylic acids is 1. The van der Waals surface area contributed by atoms with Crippen LogP contribution in [0.4, 0.5) is 5.13 Å². The van der Waals surface area contributed by atoms with Gasteiger partial charge < -0.3 is 5.11 Å². The molecule has 7 heteroatoms. The number of aromatic nitrogens is 1. The van der Waals surface area contributed by atoms with E-state index in [1.165, 1.54) is 11.3 Å². The third kappa shape index (κ3) is 4.78. The van der Waals surface area contributed by atoms with E-state index < -0.39 is 5.97 Å². The minimum atomic E-state index is -0.808. The third-order valence-corrected chi connectivity index (χ3v) is 4.46. The van der Waals surface area contributed by atoms with Gasteiger partial charge in [0.1, 0.15) is 0 Å². The van der Waals surface area contributed by atoms with Crippen molar-refractivity contribution in [3.8, 4) is 0 Å². The average molecular weight is 416 g/mol. The molecule has 0 bridgehead atoms. The number of nitrogens with zero attached hydrogens (tertiary/aromatic N) is 1. The summed E-state index contributed by atoms with van der Waals surface area (Å²) in [6.45, 7) is 0. The zero-order chi connectivity index (χ0) is 15.2. The number of carbonyl (C=O) groups is 2. The number of aliphatic carboxylic acids is 1. The van der Waals surface area contributed by atoms with Crippen LogP contribution in [0, 0.1) is 3.57 Å². The SMILES string of the molecule is O=C(O)CCCc1csc(NC(=O)c2ccccc2I)n1. The van der Waals surface area contributed by atoms with E-state index in [0.29, 0.717) is 23.5 Å². The van der Waals surface area contributed by atoms with Gasteiger partial charge in [-0.2, -0.15) is 0 Å². The van der Waals surface area contributed by atoms with Crippen molar-refractivity contribution in [2.45, 2.75) is 19.3 Å². The Morgan fingerprint density at radius 2 is 2.10 bits per heavy atom. The summed E-state index contributed by atoms with van der Waals surface area (Å²) in [5, 5.41) is 13.7. The van der Waals surface area contributed by atoms with E-state index in [1.54, 1.807) is 6.07 Å². The second-order valence-electron chi connectivity index (χ2n) is 4.33. The highest BCUT2D eigenvalue weighted by Crippen LogP contribution is 2.19. The average Bonchev–Trinajstić information content (AvgIpc) is 2.86. The Morgan fingerprint density at radius 3 is 2.81 bits per heavy atom. The van der Waals surface area contributed by atoms with Crippen molar-refractivity contribution in [1.29, 1.82) is 0 Å². The number of aryl methyl sites for hydroxylation is 1. The normalized spacial score (nSPS) is 10.3. The zero-order valence-electron chi connectivity index (χ0n) is 11.0. The first-order chi connectivity index (χ1) is 10.1. The van der Waals surface area contributed by atoms with Gasteiger partial charge in [0.05, 0.1) is 11.3 Å². The van der Waals surface area contributed by atoms with Gasteiger partial charge in [-0.15, -0.1) is 11.3 Å². The quantitative estimate of drug-likeness (QED) is 0.708. The maximum absolute atomic E-state index is 12.1. The Morgan fingerprint density at radius 1 is 1.33 bits per heavy atom. The van der Waals surface area contributed by atoms with Crippen molar-refractivity contribution in [2.75, 3.05) is 5.32 Å². The van der Waals surface area contributed by atoms with E-state index >= 15 is 0 Å². The number of benzene rings is 1. The van der Waals surface area contributed by atoms with Crippen LogP contribution in [0.2, 0.25) is 0 Å². The molecule has 0 aliphatic rings. The topological polar surface area (TPSA) is 79.3 Å². The zero-order valence-corrected chi connectivity index (χ0v) is 14.0. The molecule has 0 saturated carbocycles. The second kappa shape index (κ2) is 7.51. The van der Waals surface area contributed by atoms with Crippen LogP contribution in [0.15, 0.2) is 29.6 Å². The molecule has 0 saturated heterocycles. The van der Waals surface area contributed by atoms with E-state index in [0.717, 1.165) is 9.26 Å². The molecule has 0 aliphatic carbocycles. The van der Waals surface area contributed by atoms with Crippen molar-refractivity contribution >= 4 is 50.9 Å². The first-order valence-corrected chi connectivity index (χ1v) is 8.24. The highest BCUT2D eigenvalue weighted by molar-refractivity contribution is 14.1. The summed E-state index contributed by atoms with van der Waals surface area (Å²) in [6, 6.07) is 7.33. The molecule has 110 valence electrons. The monoisotopic (exact) mass is 416 g/mol. The Bertz CT molecular complexity index is 657. The number of hydrogen-bond donors (Lipinski definition) is 2. The van der Waals surface area contributed by atoms with Crippen LogP contribution in [0.5, 0.6) is 0 Å². The van der Waals surface area contributed by atoms with Crippen LogP contribution in [0.25, 0.3) is 0 Å². The van der Waals surface area contributed by atoms with Crippen LogP contribution in [0.3, 0.4) is 0 Å². The Labute approximate surface area is 139 Å². The summed E-state index contributed by atoms with van der Waals surface area (Å²) >= 11 is 3.46. The molecule has 5 nitrogen and oxygen atoms in total. The van der Waals surface area contributed by atoms with Crippen molar-refractivity contribution in [3.63, 3.8) is 0 Å². The number of amides is 1. The Kier molecular flexibility index (Phi) is 5.68. The second-order valence-corrected chi connectivity index (χ2v) is 6.35. The van der Waals surface area contributed by atoms with Crippen molar-refractivity contribution in [2.24, 2.45) is 0 Å². The lowest BCUT2D eigenvalue weighted by Crippen LogP contribution is -2.13. The first kappa shape index (κ1) is 15.9. The molecule has 0 radical (unpaired) electrons. The van der Waals surface area contributed by atoms with Gasteiger partial charge in [0.25, 0.3) is 5.91 Å². The minimum absolute atomic E-state index is 0.126. The number of hydrogen-bond acceptors (Lipinski definition) is 4. The molecular formula is C14H13IN2O3S. The largest absolute Gasteiger partial charge is 0.481 e. The van der Waals surface area contributed by atoms with Gasteiger partial charge in [-0.3, -0.25) is 14.9 Å². The molecule has 0 atom stereocenters. The number of nitrogens with one attached hydrogen (secondary N) is 1. The molecule has 0 spiro atoms. The van der Waals surface area contributed by atoms with Crippen LogP contribution >= 0.6 is 33.9 Å². The van der Waals surface area contributed by atoms with Crippen molar-refractivity contribution in [1.82, 2.24) is 4.98 Å². The molecule has 1 aromatic carbocycles. The summed E-state index contributed by atoms with van der Waals surface area (Å²) < 4.78 is 0.880. The number of anilines is 1. The fourth-order valence-corrected chi connectivity index (χ4v) is 3.08. The van der Waals surface area contributed by atoms with Crippen LogP contribution in [-0.2, 0) is 11.2 Å². The summed E-state index contributed by atoms with van der Waals surface area (Å²) in [4.78, 5) is 26.9. The fraction of sp³-hybridized carbons (Fsp3) is 0.214. The summed E-state index contributed by atoms with van der Waals surface area (Å²) in [5.74, 6) is -0.996. The van der Waals surface area contributed by atoms with Crippen LogP contribution in [-0.4, -0.2) is 22.0 Å². The standard InChI is InChI=1S/C14H13IN2O3S/c15-11-6-2-1-5-10(11)13(20)17-14-16-9(8-21-14)4-3-7-12(18)19/h1-2,5-6,8H,3-4,7H2,(H,18,19)(H,16,17,20). The number of carboxylic acid groups (broad SMARTS) is 1. The predicted octanol–water partition coefficient (Wildman–Crippen LogP) is 3.41. The van der Waals surface area contributed by atoms with Gasteiger partial charge >= 0.3 is 5.97 Å². The maximum Gasteiger partial charge on any atom is 0.303 e. The molecule has 0 unspecified atom stereocenters. The van der Waals surface area contributed by atoms with Gasteiger partial charge in [0.15, 0.2) is 5.13 Å². The van der Waals surface area contributed by atoms with Gasteiger partial charge in [-0.05, 0) is 47.6 Å². The Hall–Kier alpha value is -1.48. The molecular weight excluding hydrogens is 403 g/mol. The van der Waals surface area contributed by atoms with Gasteiger partial charge in [0, 0.05) is 15.4 Å². The molecule has 0 aliphatic heterocycles. The molecule has 2 N–H and O–H groups in total. The number of rotatable bonds is 6. The van der Waals surface area contributed by atoms with Crippen molar-refractivity contribution in [3.05, 3.63) is 44.5 Å². The third-order valence-electron chi connectivity index (χ3n) is 2.71. The number of halogens is 1. The highest BCUT2D eigenvalue weighted by atomic mass is 127. The van der Waals surface area contributed by atoms with Crippen LogP contribution in [0.1, 0.15) is 28.9 Å². The van der Waals surface area contributed by atoms with E-state index in [9.17, 15) is 9.59 Å². The van der Waals surface area contributed by atoms with Gasteiger partial charge in [-0.25, -0.2) is 4.98 Å². The molecule has 0 fully saturated rings. The molecule has 1 amide bonds. The molecule has 2 rings (SSSR count). The first-order valence-electron chi connectivity index (χ1n) is 6.28. The smallest absolute Gasteiger partial charge is 0.303 e.